The molecule has 1 fully saturated rings. The molecule has 0 spiro atoms. The van der Waals surface area contributed by atoms with E-state index in [9.17, 15) is 14.0 Å². The van der Waals surface area contributed by atoms with Crippen molar-refractivity contribution in [2.24, 2.45) is 0 Å². The predicted molar refractivity (Wildman–Crippen MR) is 111 cm³/mol. The molecule has 1 aromatic carbocycles. The number of hydrogen-bond acceptors (Lipinski definition) is 5. The van der Waals surface area contributed by atoms with Gasteiger partial charge in [-0.3, -0.25) is 9.67 Å². The summed E-state index contributed by atoms with van der Waals surface area (Å²) in [5, 5.41) is 14.4. The van der Waals surface area contributed by atoms with Gasteiger partial charge >= 0.3 is 12.1 Å². The Bertz CT molecular complexity index is 1140. The maximum Gasteiger partial charge on any atom is 0.410 e. The highest BCUT2D eigenvalue weighted by molar-refractivity contribution is 5.89. The lowest BCUT2D eigenvalue weighted by Crippen LogP contribution is -2.40. The molecular weight excluding hydrogens is 403 g/mol. The van der Waals surface area contributed by atoms with Crippen LogP contribution in [-0.2, 0) is 4.74 Å². The largest absolute Gasteiger partial charge is 0.478 e. The van der Waals surface area contributed by atoms with Crippen molar-refractivity contribution in [1.29, 1.82) is 0 Å². The lowest BCUT2D eigenvalue weighted by Gasteiger charge is -2.32. The molecule has 1 aliphatic heterocycles. The Morgan fingerprint density at radius 3 is 2.58 bits per heavy atom. The van der Waals surface area contributed by atoms with Gasteiger partial charge in [0.2, 0.25) is 0 Å². The van der Waals surface area contributed by atoms with Crippen LogP contribution in [0.4, 0.5) is 9.18 Å². The average Bonchev–Trinajstić information content (AvgIpc) is 3.16. The van der Waals surface area contributed by atoms with Gasteiger partial charge in [-0.1, -0.05) is 6.07 Å². The normalized spacial score (nSPS) is 14.9. The van der Waals surface area contributed by atoms with Crippen LogP contribution in [0.5, 0.6) is 0 Å². The van der Waals surface area contributed by atoms with Gasteiger partial charge in [-0.15, -0.1) is 0 Å². The molecule has 1 N–H and O–H groups in total. The standard InChI is InChI=1S/C22H23FN4O4/c1-13(2)31-22(30)26-7-5-16(6-8-26)27-20-12-24-19(10-15(20)11-25-27)14-3-4-17(21(28)29)18(23)9-14/h3-4,9-13,16H,5-8H2,1-2H3,(H,28,29). The Labute approximate surface area is 178 Å². The van der Waals surface area contributed by atoms with Gasteiger partial charge in [0.15, 0.2) is 0 Å². The number of likely N-dealkylation sites (tertiary alicyclic amines) is 1. The molecule has 0 unspecified atom stereocenters. The molecule has 0 atom stereocenters. The smallest absolute Gasteiger partial charge is 0.410 e. The summed E-state index contributed by atoms with van der Waals surface area (Å²) in [4.78, 5) is 29.2. The molecule has 1 amide bonds. The van der Waals surface area contributed by atoms with Crippen LogP contribution in [0.2, 0.25) is 0 Å². The van der Waals surface area contributed by atoms with Crippen molar-refractivity contribution in [1.82, 2.24) is 19.7 Å². The number of halogens is 1. The van der Waals surface area contributed by atoms with Crippen LogP contribution < -0.4 is 0 Å². The first-order valence-electron chi connectivity index (χ1n) is 10.2. The highest BCUT2D eigenvalue weighted by Gasteiger charge is 2.26. The Morgan fingerprint density at radius 2 is 1.94 bits per heavy atom. The van der Waals surface area contributed by atoms with E-state index in [1.54, 1.807) is 17.3 Å². The maximum absolute atomic E-state index is 14.0. The second-order valence-electron chi connectivity index (χ2n) is 7.87. The third-order valence-electron chi connectivity index (χ3n) is 5.38. The molecule has 9 heteroatoms. The van der Waals surface area contributed by atoms with Crippen molar-refractivity contribution in [3.05, 3.63) is 48.0 Å². The van der Waals surface area contributed by atoms with E-state index in [0.29, 0.717) is 24.3 Å². The van der Waals surface area contributed by atoms with E-state index >= 15 is 0 Å². The zero-order chi connectivity index (χ0) is 22.1. The van der Waals surface area contributed by atoms with Gasteiger partial charge in [0.1, 0.15) is 5.82 Å². The van der Waals surface area contributed by atoms with E-state index in [4.69, 9.17) is 9.84 Å². The van der Waals surface area contributed by atoms with Crippen molar-refractivity contribution in [2.75, 3.05) is 13.1 Å². The molecule has 1 aliphatic rings. The monoisotopic (exact) mass is 426 g/mol. The Morgan fingerprint density at radius 1 is 1.19 bits per heavy atom. The number of ether oxygens (including phenoxy) is 1. The van der Waals surface area contributed by atoms with Gasteiger partial charge in [0.25, 0.3) is 0 Å². The molecule has 0 aliphatic carbocycles. The predicted octanol–water partition coefficient (Wildman–Crippen LogP) is 4.12. The number of aromatic carboxylic acids is 1. The zero-order valence-corrected chi connectivity index (χ0v) is 17.3. The molecule has 0 bridgehead atoms. The molecule has 2 aromatic heterocycles. The van der Waals surface area contributed by atoms with Crippen LogP contribution in [0.15, 0.2) is 36.7 Å². The average molecular weight is 426 g/mol. The lowest BCUT2D eigenvalue weighted by molar-refractivity contribution is 0.0653. The van der Waals surface area contributed by atoms with E-state index < -0.39 is 11.8 Å². The number of fused-ring (bicyclic) bond motifs is 1. The molecule has 31 heavy (non-hydrogen) atoms. The minimum Gasteiger partial charge on any atom is -0.478 e. The van der Waals surface area contributed by atoms with Crippen molar-refractivity contribution in [3.63, 3.8) is 0 Å². The highest BCUT2D eigenvalue weighted by Crippen LogP contribution is 2.29. The number of hydrogen-bond donors (Lipinski definition) is 1. The maximum atomic E-state index is 14.0. The topological polar surface area (TPSA) is 97.6 Å². The number of carbonyl (C=O) groups is 2. The summed E-state index contributed by atoms with van der Waals surface area (Å²) in [7, 11) is 0. The summed E-state index contributed by atoms with van der Waals surface area (Å²) < 4.78 is 21.2. The van der Waals surface area contributed by atoms with Gasteiger partial charge in [0.05, 0.1) is 41.3 Å². The third kappa shape index (κ3) is 4.21. The minimum atomic E-state index is -1.31. The van der Waals surface area contributed by atoms with Crippen LogP contribution in [0.3, 0.4) is 0 Å². The molecule has 8 nitrogen and oxygen atoms in total. The van der Waals surface area contributed by atoms with E-state index in [-0.39, 0.29) is 23.8 Å². The zero-order valence-electron chi connectivity index (χ0n) is 17.3. The molecule has 4 rings (SSSR count). The second kappa shape index (κ2) is 8.33. The summed E-state index contributed by atoms with van der Waals surface area (Å²) in [6, 6.07) is 5.90. The van der Waals surface area contributed by atoms with E-state index in [0.717, 1.165) is 23.7 Å². The van der Waals surface area contributed by atoms with Crippen molar-refractivity contribution in [3.8, 4) is 11.3 Å². The van der Waals surface area contributed by atoms with Gasteiger partial charge in [-0.2, -0.15) is 5.10 Å². The van der Waals surface area contributed by atoms with Crippen LogP contribution in [0.1, 0.15) is 43.1 Å². The minimum absolute atomic E-state index is 0.139. The fourth-order valence-corrected chi connectivity index (χ4v) is 3.81. The number of carboxylic acids is 1. The second-order valence-corrected chi connectivity index (χ2v) is 7.87. The summed E-state index contributed by atoms with van der Waals surface area (Å²) >= 11 is 0. The number of benzene rings is 1. The molecule has 162 valence electrons. The first-order chi connectivity index (χ1) is 14.8. The van der Waals surface area contributed by atoms with E-state index in [1.165, 1.54) is 18.2 Å². The molecule has 0 saturated carbocycles. The fourth-order valence-electron chi connectivity index (χ4n) is 3.81. The number of nitrogens with zero attached hydrogens (tertiary/aromatic N) is 4. The van der Waals surface area contributed by atoms with Gasteiger partial charge in [-0.05, 0) is 44.9 Å². The van der Waals surface area contributed by atoms with E-state index in [1.807, 2.05) is 24.6 Å². The fraction of sp³-hybridized carbons (Fsp3) is 0.364. The summed E-state index contributed by atoms with van der Waals surface area (Å²) in [5.74, 6) is -2.11. The third-order valence-corrected chi connectivity index (χ3v) is 5.38. The Hall–Kier alpha value is -3.49. The summed E-state index contributed by atoms with van der Waals surface area (Å²) in [5.41, 5.74) is 1.51. The van der Waals surface area contributed by atoms with Gasteiger partial charge in [-0.25, -0.2) is 14.0 Å². The summed E-state index contributed by atoms with van der Waals surface area (Å²) in [6.07, 6.45) is 4.52. The quantitative estimate of drug-likeness (QED) is 0.674. The van der Waals surface area contributed by atoms with Crippen molar-refractivity contribution in [2.45, 2.75) is 38.8 Å². The number of carboxylic acid groups (broad SMARTS) is 1. The molecular formula is C22H23FN4O4. The summed E-state index contributed by atoms with van der Waals surface area (Å²) in [6.45, 7) is 4.85. The molecule has 3 aromatic rings. The first kappa shape index (κ1) is 20.8. The van der Waals surface area contributed by atoms with Crippen molar-refractivity contribution < 1.29 is 23.8 Å². The van der Waals surface area contributed by atoms with Crippen LogP contribution in [-0.4, -0.2) is 56.0 Å². The number of rotatable bonds is 4. The van der Waals surface area contributed by atoms with Gasteiger partial charge < -0.3 is 14.7 Å². The van der Waals surface area contributed by atoms with Gasteiger partial charge in [0, 0.05) is 24.0 Å². The first-order valence-corrected chi connectivity index (χ1v) is 10.2. The number of amides is 1. The molecule has 3 heterocycles. The molecule has 0 radical (unpaired) electrons. The number of aromatic nitrogens is 3. The van der Waals surface area contributed by atoms with Crippen LogP contribution in [0.25, 0.3) is 22.2 Å². The highest BCUT2D eigenvalue weighted by atomic mass is 19.1. The lowest BCUT2D eigenvalue weighted by atomic mass is 10.0. The number of pyridine rings is 1. The number of carbonyl (C=O) groups excluding carboxylic acids is 1. The Balaban J connectivity index is 1.52. The number of piperidine rings is 1. The van der Waals surface area contributed by atoms with Crippen LogP contribution in [0, 0.1) is 5.82 Å². The SMILES string of the molecule is CC(C)OC(=O)N1CCC(n2ncc3cc(-c4ccc(C(=O)O)c(F)c4)ncc32)CC1. The van der Waals surface area contributed by atoms with E-state index in [2.05, 4.69) is 10.1 Å². The molecule has 1 saturated heterocycles. The van der Waals surface area contributed by atoms with Crippen molar-refractivity contribution >= 4 is 23.0 Å². The van der Waals surface area contributed by atoms with Crippen LogP contribution >= 0.6 is 0 Å². The Kier molecular flexibility index (Phi) is 5.58.